The summed E-state index contributed by atoms with van der Waals surface area (Å²) in [5.41, 5.74) is 10.8. The second-order valence-corrected chi connectivity index (χ2v) is 9.82. The molecule has 0 bridgehead atoms. The summed E-state index contributed by atoms with van der Waals surface area (Å²) in [6.07, 6.45) is -0.637. The zero-order chi connectivity index (χ0) is 27.5. The number of nitrogens with zero attached hydrogens (tertiary/aromatic N) is 8. The molecule has 204 valence electrons. The highest BCUT2D eigenvalue weighted by Crippen LogP contribution is 2.41. The number of aromatic nitrogens is 6. The second-order valence-electron chi connectivity index (χ2n) is 9.82. The number of rotatable bonds is 4. The van der Waals surface area contributed by atoms with Crippen LogP contribution in [0.5, 0.6) is 0 Å². The number of imidazole rings is 1. The molecule has 0 spiro atoms. The maximum Gasteiger partial charge on any atom is 0.419 e. The number of hydrogen-bond acceptors (Lipinski definition) is 8. The number of halogens is 4. The average molecular weight is 545 g/mol. The highest BCUT2D eigenvalue weighted by Gasteiger charge is 2.46. The first-order valence-corrected chi connectivity index (χ1v) is 12.2. The van der Waals surface area contributed by atoms with Crippen molar-refractivity contribution < 1.29 is 22.4 Å². The molecule has 4 aromatic rings. The Balaban J connectivity index is 1.34. The van der Waals surface area contributed by atoms with Crippen LogP contribution in [-0.4, -0.2) is 65.3 Å². The fourth-order valence-electron chi connectivity index (χ4n) is 5.44. The molecule has 1 saturated heterocycles. The summed E-state index contributed by atoms with van der Waals surface area (Å²) in [4.78, 5) is 28.8. The third-order valence-corrected chi connectivity index (χ3v) is 7.37. The minimum Gasteiger partial charge on any atom is -0.382 e. The van der Waals surface area contributed by atoms with E-state index in [9.17, 15) is 22.4 Å². The number of fused-ring (bicyclic) bond motifs is 2. The Kier molecular flexibility index (Phi) is 5.71. The SMILES string of the molecule is Nc1ncnc2c1ncn2Cc1c(N2CC[C@](N)(C(=O)N3CCn4nccc4C3)C2)ccc(F)c1C(F)(F)F. The van der Waals surface area contributed by atoms with Gasteiger partial charge < -0.3 is 25.8 Å². The fourth-order valence-corrected chi connectivity index (χ4v) is 5.44. The van der Waals surface area contributed by atoms with Crippen LogP contribution < -0.4 is 16.4 Å². The van der Waals surface area contributed by atoms with Gasteiger partial charge in [-0.1, -0.05) is 0 Å². The molecule has 6 rings (SSSR count). The van der Waals surface area contributed by atoms with E-state index < -0.39 is 29.6 Å². The predicted octanol–water partition coefficient (Wildman–Crippen LogP) is 1.76. The summed E-state index contributed by atoms with van der Waals surface area (Å²) in [6, 6.07) is 3.90. The Bertz CT molecular complexity index is 1580. The van der Waals surface area contributed by atoms with Crippen molar-refractivity contribution in [3.05, 3.63) is 59.7 Å². The molecular weight excluding hydrogens is 520 g/mol. The van der Waals surface area contributed by atoms with Crippen LogP contribution >= 0.6 is 0 Å². The van der Waals surface area contributed by atoms with Crippen LogP contribution in [-0.2, 0) is 30.6 Å². The highest BCUT2D eigenvalue weighted by molar-refractivity contribution is 5.88. The molecule has 5 heterocycles. The lowest BCUT2D eigenvalue weighted by atomic mass is 9.97. The summed E-state index contributed by atoms with van der Waals surface area (Å²) < 4.78 is 60.4. The Morgan fingerprint density at radius 3 is 2.72 bits per heavy atom. The van der Waals surface area contributed by atoms with Crippen LogP contribution in [0.3, 0.4) is 0 Å². The van der Waals surface area contributed by atoms with Crippen molar-refractivity contribution in [3.8, 4) is 0 Å². The Hall–Kier alpha value is -4.27. The van der Waals surface area contributed by atoms with Gasteiger partial charge in [-0.15, -0.1) is 0 Å². The van der Waals surface area contributed by atoms with Gasteiger partial charge in [-0.25, -0.2) is 19.3 Å². The third-order valence-electron chi connectivity index (χ3n) is 7.37. The van der Waals surface area contributed by atoms with Crippen LogP contribution in [0.2, 0.25) is 0 Å². The molecule has 1 aromatic carbocycles. The summed E-state index contributed by atoms with van der Waals surface area (Å²) >= 11 is 0. The molecule has 0 unspecified atom stereocenters. The van der Waals surface area contributed by atoms with Gasteiger partial charge in [-0.2, -0.15) is 18.3 Å². The highest BCUT2D eigenvalue weighted by atomic mass is 19.4. The molecule has 11 nitrogen and oxygen atoms in total. The molecule has 0 aliphatic carbocycles. The van der Waals surface area contributed by atoms with Gasteiger partial charge in [0.05, 0.1) is 37.2 Å². The molecule has 39 heavy (non-hydrogen) atoms. The first kappa shape index (κ1) is 25.0. The van der Waals surface area contributed by atoms with Gasteiger partial charge >= 0.3 is 6.18 Å². The van der Waals surface area contributed by atoms with Gasteiger partial charge in [0.1, 0.15) is 23.2 Å². The number of nitrogen functional groups attached to an aromatic ring is 1. The molecule has 15 heteroatoms. The Morgan fingerprint density at radius 2 is 1.92 bits per heavy atom. The predicted molar refractivity (Wildman–Crippen MR) is 132 cm³/mol. The van der Waals surface area contributed by atoms with E-state index in [1.807, 2.05) is 10.7 Å². The molecule has 2 aliphatic heterocycles. The van der Waals surface area contributed by atoms with Crippen molar-refractivity contribution in [2.45, 2.75) is 37.8 Å². The average Bonchev–Trinajstić information content (AvgIpc) is 3.62. The molecule has 1 atom stereocenters. The largest absolute Gasteiger partial charge is 0.419 e. The van der Waals surface area contributed by atoms with Gasteiger partial charge in [0.2, 0.25) is 5.91 Å². The molecule has 0 radical (unpaired) electrons. The van der Waals surface area contributed by atoms with Crippen molar-refractivity contribution in [1.29, 1.82) is 0 Å². The minimum absolute atomic E-state index is 0.0304. The number of amides is 1. The van der Waals surface area contributed by atoms with E-state index in [1.165, 1.54) is 23.3 Å². The van der Waals surface area contributed by atoms with Crippen LogP contribution in [0.4, 0.5) is 29.1 Å². The van der Waals surface area contributed by atoms with E-state index in [2.05, 4.69) is 20.1 Å². The zero-order valence-electron chi connectivity index (χ0n) is 20.6. The van der Waals surface area contributed by atoms with Gasteiger partial charge in [0.15, 0.2) is 11.5 Å². The minimum atomic E-state index is -4.98. The number of alkyl halides is 3. The van der Waals surface area contributed by atoms with E-state index >= 15 is 0 Å². The van der Waals surface area contributed by atoms with Crippen molar-refractivity contribution in [2.24, 2.45) is 5.73 Å². The lowest BCUT2D eigenvalue weighted by Gasteiger charge is -2.34. The van der Waals surface area contributed by atoms with Gasteiger partial charge in [0.25, 0.3) is 0 Å². The van der Waals surface area contributed by atoms with E-state index in [1.54, 1.807) is 16.0 Å². The van der Waals surface area contributed by atoms with Gasteiger partial charge in [0, 0.05) is 37.1 Å². The van der Waals surface area contributed by atoms with E-state index in [0.29, 0.717) is 19.6 Å². The summed E-state index contributed by atoms with van der Waals surface area (Å²) in [5, 5.41) is 4.21. The van der Waals surface area contributed by atoms with Crippen molar-refractivity contribution in [3.63, 3.8) is 0 Å². The second kappa shape index (κ2) is 8.90. The van der Waals surface area contributed by atoms with Crippen molar-refractivity contribution in [1.82, 2.24) is 34.2 Å². The first-order valence-electron chi connectivity index (χ1n) is 12.2. The van der Waals surface area contributed by atoms with Crippen molar-refractivity contribution >= 4 is 28.6 Å². The number of hydrogen-bond donors (Lipinski definition) is 2. The third kappa shape index (κ3) is 4.22. The van der Waals surface area contributed by atoms with Gasteiger partial charge in [-0.05, 0) is 24.6 Å². The topological polar surface area (TPSA) is 137 Å². The standard InChI is InChI=1S/C24H24F4N10O/c25-16-1-2-17(15(18(16)24(26,27)28)10-37-13-33-19-20(29)31-12-32-21(19)37)36-6-4-23(30,11-36)22(39)35-7-8-38-14(9-35)3-5-34-38/h1-3,5,12-13H,4,6-11,30H2,(H2,29,31,32)/t23-/m1/s1. The number of carbonyl (C=O) groups is 1. The fraction of sp³-hybridized carbons (Fsp3) is 0.375. The molecule has 1 amide bonds. The zero-order valence-corrected chi connectivity index (χ0v) is 20.6. The van der Waals surface area contributed by atoms with Gasteiger partial charge in [-0.3, -0.25) is 9.48 Å². The molecule has 2 aliphatic rings. The Labute approximate surface area is 219 Å². The number of anilines is 2. The number of nitrogens with two attached hydrogens (primary N) is 2. The Morgan fingerprint density at radius 1 is 1.10 bits per heavy atom. The number of benzene rings is 1. The quantitative estimate of drug-likeness (QED) is 0.371. The first-order chi connectivity index (χ1) is 18.5. The molecular formula is C24H24F4N10O. The summed E-state index contributed by atoms with van der Waals surface area (Å²) in [7, 11) is 0. The van der Waals surface area contributed by atoms with Crippen molar-refractivity contribution in [2.75, 3.05) is 30.3 Å². The monoisotopic (exact) mass is 544 g/mol. The van der Waals surface area contributed by atoms with Crippen LogP contribution in [0.1, 0.15) is 23.2 Å². The van der Waals surface area contributed by atoms with Crippen LogP contribution in [0.25, 0.3) is 11.2 Å². The molecule has 4 N–H and O–H groups in total. The number of carbonyl (C=O) groups excluding carboxylic acids is 1. The maximum atomic E-state index is 14.7. The summed E-state index contributed by atoms with van der Waals surface area (Å²) in [5.74, 6) is -1.62. The molecule has 3 aromatic heterocycles. The van der Waals surface area contributed by atoms with Crippen LogP contribution in [0.15, 0.2) is 37.1 Å². The molecule has 1 fully saturated rings. The molecule has 0 saturated carbocycles. The normalized spacial score (nSPS) is 19.6. The van der Waals surface area contributed by atoms with E-state index in [0.717, 1.165) is 11.8 Å². The smallest absolute Gasteiger partial charge is 0.382 e. The lowest BCUT2D eigenvalue weighted by molar-refractivity contribution is -0.140. The maximum absolute atomic E-state index is 14.7. The van der Waals surface area contributed by atoms with Crippen LogP contribution in [0, 0.1) is 5.82 Å². The van der Waals surface area contributed by atoms with E-state index in [4.69, 9.17) is 11.5 Å². The van der Waals surface area contributed by atoms with E-state index in [-0.39, 0.29) is 53.7 Å². The lowest BCUT2D eigenvalue weighted by Crippen LogP contribution is -2.58. The summed E-state index contributed by atoms with van der Waals surface area (Å²) in [6.45, 7) is 1.08.